The molecule has 28 heavy (non-hydrogen) atoms. The molecule has 1 N–H and O–H groups in total. The van der Waals surface area contributed by atoms with E-state index < -0.39 is 35.9 Å². The Morgan fingerprint density at radius 2 is 1.64 bits per heavy atom. The first-order valence-corrected chi connectivity index (χ1v) is 8.45. The summed E-state index contributed by atoms with van der Waals surface area (Å²) in [6.45, 7) is -0.759. The molecule has 4 nitrogen and oxygen atoms in total. The zero-order valence-electron chi connectivity index (χ0n) is 14.2. The first-order chi connectivity index (χ1) is 13.3. The second kappa shape index (κ2) is 7.90. The predicted octanol–water partition coefficient (Wildman–Crippen LogP) is 5.31. The minimum Gasteiger partial charge on any atom is -0.452 e. The van der Waals surface area contributed by atoms with Crippen LogP contribution in [-0.4, -0.2) is 18.5 Å². The van der Waals surface area contributed by atoms with Crippen molar-refractivity contribution in [1.82, 2.24) is 0 Å². The number of rotatable bonds is 4. The van der Waals surface area contributed by atoms with Gasteiger partial charge < -0.3 is 10.1 Å². The van der Waals surface area contributed by atoms with Crippen molar-refractivity contribution in [1.29, 1.82) is 0 Å². The first kappa shape index (κ1) is 19.7. The molecule has 0 aromatic heterocycles. The number of hydrogen-bond acceptors (Lipinski definition) is 3. The van der Waals surface area contributed by atoms with Crippen LogP contribution in [0.2, 0.25) is 5.02 Å². The molecule has 0 aliphatic rings. The summed E-state index contributed by atoms with van der Waals surface area (Å²) in [6, 6.07) is 15.3. The molecule has 3 aromatic rings. The summed E-state index contributed by atoms with van der Waals surface area (Å²) in [4.78, 5) is 24.3. The molecule has 0 aliphatic carbocycles. The van der Waals surface area contributed by atoms with Crippen molar-refractivity contribution in [2.75, 3.05) is 11.9 Å². The smallest absolute Gasteiger partial charge is 0.418 e. The Morgan fingerprint density at radius 1 is 0.964 bits per heavy atom. The third kappa shape index (κ3) is 4.26. The molecule has 3 aromatic carbocycles. The predicted molar refractivity (Wildman–Crippen MR) is 99.3 cm³/mol. The van der Waals surface area contributed by atoms with Crippen molar-refractivity contribution < 1.29 is 27.5 Å². The van der Waals surface area contributed by atoms with Crippen LogP contribution in [0.5, 0.6) is 0 Å². The van der Waals surface area contributed by atoms with Gasteiger partial charge in [-0.05, 0) is 29.0 Å². The molecule has 3 rings (SSSR count). The first-order valence-electron chi connectivity index (χ1n) is 8.08. The number of amides is 1. The molecule has 0 saturated carbocycles. The van der Waals surface area contributed by atoms with Crippen LogP contribution in [0.3, 0.4) is 0 Å². The summed E-state index contributed by atoms with van der Waals surface area (Å²) < 4.78 is 44.2. The SMILES string of the molecule is O=C(COC(=O)c1cccc2ccccc12)Nc1c(Cl)cccc1C(F)(F)F. The van der Waals surface area contributed by atoms with E-state index in [0.717, 1.165) is 17.5 Å². The minimum atomic E-state index is -4.70. The number of ether oxygens (including phenoxy) is 1. The van der Waals surface area contributed by atoms with Gasteiger partial charge in [0.25, 0.3) is 5.91 Å². The number of halogens is 4. The Hall–Kier alpha value is -3.06. The molecule has 0 aliphatic heterocycles. The molecule has 0 spiro atoms. The molecular weight excluding hydrogens is 395 g/mol. The van der Waals surface area contributed by atoms with Crippen LogP contribution in [0.25, 0.3) is 10.8 Å². The summed E-state index contributed by atoms with van der Waals surface area (Å²) in [6.07, 6.45) is -4.70. The van der Waals surface area contributed by atoms with Gasteiger partial charge in [-0.2, -0.15) is 13.2 Å². The number of anilines is 1. The van der Waals surface area contributed by atoms with Gasteiger partial charge in [-0.25, -0.2) is 4.79 Å². The third-order valence-corrected chi connectivity index (χ3v) is 4.24. The molecule has 0 saturated heterocycles. The fraction of sp³-hybridized carbons (Fsp3) is 0.100. The number of alkyl halides is 3. The number of fused-ring (bicyclic) bond motifs is 1. The molecular formula is C20H13ClF3NO3. The van der Waals surface area contributed by atoms with Crippen LogP contribution >= 0.6 is 11.6 Å². The fourth-order valence-corrected chi connectivity index (χ4v) is 2.90. The minimum absolute atomic E-state index is 0.250. The third-order valence-electron chi connectivity index (χ3n) is 3.93. The van der Waals surface area contributed by atoms with Gasteiger partial charge >= 0.3 is 12.1 Å². The van der Waals surface area contributed by atoms with Crippen LogP contribution in [0.4, 0.5) is 18.9 Å². The van der Waals surface area contributed by atoms with Gasteiger partial charge in [0.05, 0.1) is 21.8 Å². The normalized spacial score (nSPS) is 11.3. The van der Waals surface area contributed by atoms with Crippen LogP contribution in [-0.2, 0) is 15.7 Å². The molecule has 0 heterocycles. The average Bonchev–Trinajstić information content (AvgIpc) is 2.66. The quantitative estimate of drug-likeness (QED) is 0.596. The van der Waals surface area contributed by atoms with Gasteiger partial charge in [-0.15, -0.1) is 0 Å². The summed E-state index contributed by atoms with van der Waals surface area (Å²) in [7, 11) is 0. The standard InChI is InChI=1S/C20H13ClF3NO3/c21-16-10-4-9-15(20(22,23)24)18(16)25-17(26)11-28-19(27)14-8-3-6-12-5-1-2-7-13(12)14/h1-10H,11H2,(H,25,26). The van der Waals surface area contributed by atoms with E-state index in [2.05, 4.69) is 5.32 Å². The average molecular weight is 408 g/mol. The number of benzene rings is 3. The zero-order valence-corrected chi connectivity index (χ0v) is 15.0. The van der Waals surface area contributed by atoms with Crippen LogP contribution < -0.4 is 5.32 Å². The van der Waals surface area contributed by atoms with Crippen molar-refractivity contribution in [3.63, 3.8) is 0 Å². The van der Waals surface area contributed by atoms with Gasteiger partial charge in [0.15, 0.2) is 6.61 Å². The summed E-state index contributed by atoms with van der Waals surface area (Å²) >= 11 is 5.78. The van der Waals surface area contributed by atoms with E-state index in [9.17, 15) is 22.8 Å². The molecule has 8 heteroatoms. The lowest BCUT2D eigenvalue weighted by atomic mass is 10.1. The fourth-order valence-electron chi connectivity index (χ4n) is 2.68. The number of carbonyl (C=O) groups excluding carboxylic acids is 2. The largest absolute Gasteiger partial charge is 0.452 e. The highest BCUT2D eigenvalue weighted by atomic mass is 35.5. The molecule has 144 valence electrons. The highest BCUT2D eigenvalue weighted by molar-refractivity contribution is 6.34. The van der Waals surface area contributed by atoms with Crippen molar-refractivity contribution in [3.05, 3.63) is 76.8 Å². The van der Waals surface area contributed by atoms with Crippen LogP contribution in [0.1, 0.15) is 15.9 Å². The van der Waals surface area contributed by atoms with E-state index in [-0.39, 0.29) is 10.6 Å². The van der Waals surface area contributed by atoms with Gasteiger partial charge in [0.1, 0.15) is 0 Å². The van der Waals surface area contributed by atoms with E-state index in [1.807, 2.05) is 18.2 Å². The van der Waals surface area contributed by atoms with E-state index in [1.54, 1.807) is 24.3 Å². The van der Waals surface area contributed by atoms with E-state index in [1.165, 1.54) is 6.07 Å². The highest BCUT2D eigenvalue weighted by Crippen LogP contribution is 2.38. The summed E-state index contributed by atoms with van der Waals surface area (Å²) in [5, 5.41) is 3.24. The second-order valence-electron chi connectivity index (χ2n) is 5.81. The molecule has 0 radical (unpaired) electrons. The van der Waals surface area contributed by atoms with Crippen molar-refractivity contribution >= 4 is 39.9 Å². The maximum atomic E-state index is 13.1. The van der Waals surface area contributed by atoms with Crippen molar-refractivity contribution in [3.8, 4) is 0 Å². The van der Waals surface area contributed by atoms with Gasteiger partial charge in [-0.1, -0.05) is 54.1 Å². The van der Waals surface area contributed by atoms with Crippen LogP contribution in [0, 0.1) is 0 Å². The Balaban J connectivity index is 1.72. The molecule has 0 fully saturated rings. The molecule has 0 bridgehead atoms. The van der Waals surface area contributed by atoms with Crippen molar-refractivity contribution in [2.24, 2.45) is 0 Å². The maximum absolute atomic E-state index is 13.1. The second-order valence-corrected chi connectivity index (χ2v) is 6.22. The lowest BCUT2D eigenvalue weighted by molar-refractivity contribution is -0.137. The highest BCUT2D eigenvalue weighted by Gasteiger charge is 2.34. The van der Waals surface area contributed by atoms with Gasteiger partial charge in [0, 0.05) is 0 Å². The molecule has 0 unspecified atom stereocenters. The Kier molecular flexibility index (Phi) is 5.56. The summed E-state index contributed by atoms with van der Waals surface area (Å²) in [5.74, 6) is -1.70. The van der Waals surface area contributed by atoms with Crippen molar-refractivity contribution in [2.45, 2.75) is 6.18 Å². The molecule has 0 atom stereocenters. The van der Waals surface area contributed by atoms with E-state index in [0.29, 0.717) is 5.39 Å². The van der Waals surface area contributed by atoms with Gasteiger partial charge in [-0.3, -0.25) is 4.79 Å². The number of esters is 1. The number of carbonyl (C=O) groups is 2. The zero-order chi connectivity index (χ0) is 20.3. The maximum Gasteiger partial charge on any atom is 0.418 e. The Morgan fingerprint density at radius 3 is 2.39 bits per heavy atom. The van der Waals surface area contributed by atoms with Gasteiger partial charge in [0.2, 0.25) is 0 Å². The topological polar surface area (TPSA) is 55.4 Å². The molecule has 1 amide bonds. The van der Waals surface area contributed by atoms with Crippen LogP contribution in [0.15, 0.2) is 60.7 Å². The van der Waals surface area contributed by atoms with E-state index in [4.69, 9.17) is 16.3 Å². The summed E-state index contributed by atoms with van der Waals surface area (Å²) in [5.41, 5.74) is -1.42. The number of hydrogen-bond donors (Lipinski definition) is 1. The number of nitrogens with one attached hydrogen (secondary N) is 1. The lowest BCUT2D eigenvalue weighted by Crippen LogP contribution is -2.23. The Bertz CT molecular complexity index is 1050. The van der Waals surface area contributed by atoms with E-state index >= 15 is 0 Å². The Labute approximate surface area is 162 Å². The monoisotopic (exact) mass is 407 g/mol. The lowest BCUT2D eigenvalue weighted by Gasteiger charge is -2.15. The number of para-hydroxylation sites is 1.